The van der Waals surface area contributed by atoms with E-state index < -0.39 is 28.3 Å². The first-order chi connectivity index (χ1) is 13.5. The zero-order chi connectivity index (χ0) is 21.2. The van der Waals surface area contributed by atoms with Crippen LogP contribution in [0, 0.1) is 34.5 Å². The molecule has 7 nitrogen and oxygen atoms in total. The number of Topliss-reactive ketones (excluding diaryl/α,β-unsaturated/α-hetero) is 2. The highest BCUT2D eigenvalue weighted by Gasteiger charge is 2.63. The van der Waals surface area contributed by atoms with Gasteiger partial charge >= 0.3 is 10.4 Å². The zero-order valence-electron chi connectivity index (χ0n) is 16.8. The molecule has 3 saturated carbocycles. The third kappa shape index (κ3) is 3.33. The van der Waals surface area contributed by atoms with Gasteiger partial charge in [-0.15, -0.1) is 0 Å². The van der Waals surface area contributed by atoms with E-state index in [4.69, 9.17) is 4.55 Å². The lowest BCUT2D eigenvalue weighted by Crippen LogP contribution is -2.55. The summed E-state index contributed by atoms with van der Waals surface area (Å²) in [5, 5.41) is 0. The normalized spacial score (nSPS) is 42.0. The molecule has 0 aromatic rings. The fraction of sp³-hybridized carbons (Fsp3) is 0.762. The largest absolute Gasteiger partial charge is 0.397 e. The van der Waals surface area contributed by atoms with Crippen molar-refractivity contribution in [3.8, 4) is 0 Å². The van der Waals surface area contributed by atoms with Crippen LogP contribution in [-0.4, -0.2) is 36.9 Å². The van der Waals surface area contributed by atoms with Crippen LogP contribution in [0.4, 0.5) is 0 Å². The molecule has 4 rings (SSSR count). The summed E-state index contributed by atoms with van der Waals surface area (Å²) in [6.45, 7) is 3.41. The van der Waals surface area contributed by atoms with Gasteiger partial charge in [0.2, 0.25) is 0 Å². The molecular weight excluding hydrogens is 396 g/mol. The van der Waals surface area contributed by atoms with Crippen molar-refractivity contribution in [2.45, 2.75) is 58.8 Å². The van der Waals surface area contributed by atoms with Gasteiger partial charge in [-0.1, -0.05) is 19.4 Å². The van der Waals surface area contributed by atoms with Crippen molar-refractivity contribution >= 4 is 27.7 Å². The highest BCUT2D eigenvalue weighted by molar-refractivity contribution is 7.80. The number of hydrogen-bond donors (Lipinski definition) is 1. The number of carbonyl (C=O) groups excluding carboxylic acids is 3. The number of fused-ring (bicyclic) bond motifs is 5. The second-order valence-electron chi connectivity index (χ2n) is 9.78. The van der Waals surface area contributed by atoms with Crippen LogP contribution in [0.2, 0.25) is 0 Å². The molecule has 29 heavy (non-hydrogen) atoms. The highest BCUT2D eigenvalue weighted by atomic mass is 32.3. The standard InChI is InChI=1S/C21H28O7S/c1-20-8-7-13(22)9-12(20)3-4-14-15-5-6-16(18(24)11-28-29(25,26)27)21(15,2)10-17(23)19(14)20/h9,14-16,19H,3-8,10-11H2,1-2H3,(H,25,26,27)/t14-,15-,16?,19+,20-,21-/m0/s1. The highest BCUT2D eigenvalue weighted by Crippen LogP contribution is 2.65. The van der Waals surface area contributed by atoms with Crippen LogP contribution < -0.4 is 0 Å². The first-order valence-electron chi connectivity index (χ1n) is 10.4. The Bertz CT molecular complexity index is 904. The van der Waals surface area contributed by atoms with Gasteiger partial charge in [0.15, 0.2) is 11.6 Å². The van der Waals surface area contributed by atoms with Crippen LogP contribution in [0.3, 0.4) is 0 Å². The lowest BCUT2D eigenvalue weighted by Gasteiger charge is -2.56. The maximum absolute atomic E-state index is 13.4. The van der Waals surface area contributed by atoms with Gasteiger partial charge < -0.3 is 0 Å². The number of carbonyl (C=O) groups is 3. The van der Waals surface area contributed by atoms with Gasteiger partial charge in [0.1, 0.15) is 12.4 Å². The summed E-state index contributed by atoms with van der Waals surface area (Å²) < 4.78 is 34.8. The summed E-state index contributed by atoms with van der Waals surface area (Å²) in [7, 11) is -4.68. The second-order valence-corrected chi connectivity index (χ2v) is 10.9. The van der Waals surface area contributed by atoms with E-state index >= 15 is 0 Å². The van der Waals surface area contributed by atoms with Gasteiger partial charge in [0, 0.05) is 24.7 Å². The van der Waals surface area contributed by atoms with Crippen LogP contribution in [0.5, 0.6) is 0 Å². The molecule has 4 aliphatic rings. The molecule has 0 saturated heterocycles. The van der Waals surface area contributed by atoms with Crippen LogP contribution >= 0.6 is 0 Å². The molecule has 3 fully saturated rings. The Morgan fingerprint density at radius 2 is 1.93 bits per heavy atom. The van der Waals surface area contributed by atoms with Gasteiger partial charge in [-0.05, 0) is 60.8 Å². The van der Waals surface area contributed by atoms with Crippen LogP contribution in [0.25, 0.3) is 0 Å². The summed E-state index contributed by atoms with van der Waals surface area (Å²) in [5.74, 6) is -0.239. The van der Waals surface area contributed by atoms with Gasteiger partial charge in [0.25, 0.3) is 0 Å². The van der Waals surface area contributed by atoms with E-state index in [9.17, 15) is 22.8 Å². The SMILES string of the molecule is C[C@]12CCC(=O)C=C1CC[C@@H]1[C@@H]2C(=O)C[C@]2(C)C(C(=O)COS(=O)(=O)O)CC[C@@H]12. The summed E-state index contributed by atoms with van der Waals surface area (Å²) in [4.78, 5) is 38.0. The van der Waals surface area contributed by atoms with E-state index in [2.05, 4.69) is 11.1 Å². The van der Waals surface area contributed by atoms with Gasteiger partial charge in [0.05, 0.1) is 0 Å². The van der Waals surface area contributed by atoms with Crippen molar-refractivity contribution in [1.82, 2.24) is 0 Å². The smallest absolute Gasteiger partial charge is 0.299 e. The topological polar surface area (TPSA) is 115 Å². The Labute approximate surface area is 171 Å². The lowest BCUT2D eigenvalue weighted by molar-refractivity contribution is -0.148. The Kier molecular flexibility index (Phi) is 4.91. The van der Waals surface area contributed by atoms with Gasteiger partial charge in [-0.3, -0.25) is 18.9 Å². The summed E-state index contributed by atoms with van der Waals surface area (Å²) in [6.07, 6.45) is 6.31. The van der Waals surface area contributed by atoms with Crippen molar-refractivity contribution in [3.05, 3.63) is 11.6 Å². The number of allylic oxidation sites excluding steroid dienone is 1. The fourth-order valence-corrected chi connectivity index (χ4v) is 7.41. The fourth-order valence-electron chi connectivity index (χ4n) is 7.15. The maximum atomic E-state index is 13.4. The molecule has 1 unspecified atom stereocenters. The lowest BCUT2D eigenvalue weighted by atomic mass is 9.46. The Morgan fingerprint density at radius 1 is 1.21 bits per heavy atom. The van der Waals surface area contributed by atoms with Crippen LogP contribution in [-0.2, 0) is 29.0 Å². The monoisotopic (exact) mass is 424 g/mol. The zero-order valence-corrected chi connectivity index (χ0v) is 17.7. The van der Waals surface area contributed by atoms with E-state index in [1.54, 1.807) is 6.08 Å². The molecular formula is C21H28O7S. The van der Waals surface area contributed by atoms with E-state index in [1.165, 1.54) is 0 Å². The minimum atomic E-state index is -4.68. The number of ketones is 3. The molecule has 0 aromatic carbocycles. The van der Waals surface area contributed by atoms with E-state index in [0.717, 1.165) is 24.8 Å². The Balaban J connectivity index is 1.61. The molecule has 0 amide bonds. The van der Waals surface area contributed by atoms with E-state index in [0.29, 0.717) is 19.3 Å². The molecule has 0 spiro atoms. The molecule has 6 atom stereocenters. The van der Waals surface area contributed by atoms with Crippen molar-refractivity contribution in [2.75, 3.05) is 6.61 Å². The maximum Gasteiger partial charge on any atom is 0.397 e. The average Bonchev–Trinajstić information content (AvgIpc) is 2.96. The minimum absolute atomic E-state index is 0.114. The summed E-state index contributed by atoms with van der Waals surface area (Å²) >= 11 is 0. The summed E-state index contributed by atoms with van der Waals surface area (Å²) in [5.41, 5.74) is 0.324. The number of rotatable bonds is 4. The molecule has 160 valence electrons. The predicted molar refractivity (Wildman–Crippen MR) is 103 cm³/mol. The predicted octanol–water partition coefficient (Wildman–Crippen LogP) is 2.70. The molecule has 0 aliphatic heterocycles. The molecule has 0 bridgehead atoms. The van der Waals surface area contributed by atoms with Crippen LogP contribution in [0.1, 0.15) is 58.8 Å². The number of hydrogen-bond acceptors (Lipinski definition) is 6. The third-order valence-corrected chi connectivity index (χ3v) is 8.80. The Hall–Kier alpha value is -1.38. The van der Waals surface area contributed by atoms with Crippen molar-refractivity contribution in [3.63, 3.8) is 0 Å². The quantitative estimate of drug-likeness (QED) is 0.690. The second kappa shape index (κ2) is 6.82. The molecule has 8 heteroatoms. The molecule has 0 heterocycles. The average molecular weight is 425 g/mol. The third-order valence-electron chi connectivity index (χ3n) is 8.39. The Morgan fingerprint density at radius 3 is 2.62 bits per heavy atom. The van der Waals surface area contributed by atoms with E-state index in [-0.39, 0.29) is 46.9 Å². The van der Waals surface area contributed by atoms with Crippen molar-refractivity contribution in [1.29, 1.82) is 0 Å². The van der Waals surface area contributed by atoms with E-state index in [1.807, 2.05) is 6.92 Å². The molecule has 1 N–H and O–H groups in total. The van der Waals surface area contributed by atoms with Gasteiger partial charge in [-0.2, -0.15) is 8.42 Å². The van der Waals surface area contributed by atoms with Crippen LogP contribution in [0.15, 0.2) is 11.6 Å². The molecule has 0 aromatic heterocycles. The molecule has 4 aliphatic carbocycles. The molecule has 0 radical (unpaired) electrons. The van der Waals surface area contributed by atoms with Crippen molar-refractivity contribution in [2.24, 2.45) is 34.5 Å². The first kappa shape index (κ1) is 20.9. The van der Waals surface area contributed by atoms with Crippen molar-refractivity contribution < 1.29 is 31.5 Å². The van der Waals surface area contributed by atoms with Gasteiger partial charge in [-0.25, -0.2) is 4.18 Å². The minimum Gasteiger partial charge on any atom is -0.299 e. The first-order valence-corrected chi connectivity index (χ1v) is 11.7. The summed E-state index contributed by atoms with van der Waals surface area (Å²) in [6, 6.07) is 0.